The molecule has 1 atom stereocenters. The first kappa shape index (κ1) is 18.0. The predicted octanol–water partition coefficient (Wildman–Crippen LogP) is 2.51. The quantitative estimate of drug-likeness (QED) is 0.822. The normalized spacial score (nSPS) is 20.4. The molecule has 0 radical (unpaired) electrons. The standard InChI is InChI=1S/C16H21ClFNO4/c1-16(2)10-19(7-12(23-16)8-21-3)15(20)9-22-14-5-4-11(18)6-13(14)17/h4-6,12H,7-10H2,1-3H3/t12-/m0/s1. The number of halogens is 2. The van der Waals surface area contributed by atoms with Crippen LogP contribution >= 0.6 is 11.6 Å². The van der Waals surface area contributed by atoms with Crippen LogP contribution in [0.25, 0.3) is 0 Å². The van der Waals surface area contributed by atoms with Gasteiger partial charge < -0.3 is 19.1 Å². The number of carbonyl (C=O) groups excluding carboxylic acids is 1. The van der Waals surface area contributed by atoms with Crippen molar-refractivity contribution in [1.29, 1.82) is 0 Å². The third-order valence-electron chi connectivity index (χ3n) is 3.43. The molecule has 0 aliphatic carbocycles. The Balaban J connectivity index is 1.96. The van der Waals surface area contributed by atoms with Gasteiger partial charge in [0.05, 0.1) is 23.3 Å². The highest BCUT2D eigenvalue weighted by Crippen LogP contribution is 2.25. The average molecular weight is 346 g/mol. The first-order chi connectivity index (χ1) is 10.8. The highest BCUT2D eigenvalue weighted by Gasteiger charge is 2.35. The molecule has 1 aromatic carbocycles. The van der Waals surface area contributed by atoms with Crippen molar-refractivity contribution in [2.45, 2.75) is 25.6 Å². The molecule has 23 heavy (non-hydrogen) atoms. The van der Waals surface area contributed by atoms with Gasteiger partial charge in [-0.25, -0.2) is 4.39 Å². The number of hydrogen-bond donors (Lipinski definition) is 0. The number of methoxy groups -OCH3 is 1. The van der Waals surface area contributed by atoms with Crippen molar-refractivity contribution in [2.75, 3.05) is 33.4 Å². The summed E-state index contributed by atoms with van der Waals surface area (Å²) in [5.74, 6) is -0.351. The molecule has 1 aliphatic rings. The zero-order chi connectivity index (χ0) is 17.0. The number of rotatable bonds is 5. The molecule has 0 aromatic heterocycles. The van der Waals surface area contributed by atoms with E-state index in [4.69, 9.17) is 25.8 Å². The van der Waals surface area contributed by atoms with Gasteiger partial charge in [0, 0.05) is 20.2 Å². The number of carbonyl (C=O) groups is 1. The van der Waals surface area contributed by atoms with Crippen molar-refractivity contribution in [2.24, 2.45) is 0 Å². The first-order valence-electron chi connectivity index (χ1n) is 7.33. The maximum absolute atomic E-state index is 13.0. The van der Waals surface area contributed by atoms with E-state index in [9.17, 15) is 9.18 Å². The molecule has 1 heterocycles. The van der Waals surface area contributed by atoms with E-state index in [0.717, 1.165) is 6.07 Å². The highest BCUT2D eigenvalue weighted by molar-refractivity contribution is 6.32. The smallest absolute Gasteiger partial charge is 0.260 e. The van der Waals surface area contributed by atoms with Gasteiger partial charge in [0.15, 0.2) is 6.61 Å². The minimum absolute atomic E-state index is 0.136. The topological polar surface area (TPSA) is 48.0 Å². The summed E-state index contributed by atoms with van der Waals surface area (Å²) >= 11 is 5.88. The van der Waals surface area contributed by atoms with E-state index >= 15 is 0 Å². The lowest BCUT2D eigenvalue weighted by molar-refractivity contribution is -0.170. The third kappa shape index (κ3) is 5.06. The molecule has 0 spiro atoms. The van der Waals surface area contributed by atoms with Crippen LogP contribution in [0.5, 0.6) is 5.75 Å². The van der Waals surface area contributed by atoms with Crippen LogP contribution < -0.4 is 4.74 Å². The summed E-state index contributed by atoms with van der Waals surface area (Å²) in [6.45, 7) is 5.00. The molecule has 1 aliphatic heterocycles. The predicted molar refractivity (Wildman–Crippen MR) is 84.3 cm³/mol. The van der Waals surface area contributed by atoms with Crippen LogP contribution in [0.4, 0.5) is 4.39 Å². The summed E-state index contributed by atoms with van der Waals surface area (Å²) in [5.41, 5.74) is -0.454. The molecule has 5 nitrogen and oxygen atoms in total. The fraction of sp³-hybridized carbons (Fsp3) is 0.562. The van der Waals surface area contributed by atoms with Crippen molar-refractivity contribution < 1.29 is 23.4 Å². The van der Waals surface area contributed by atoms with E-state index in [1.165, 1.54) is 12.1 Å². The number of ether oxygens (including phenoxy) is 3. The molecule has 1 aromatic rings. The number of benzene rings is 1. The third-order valence-corrected chi connectivity index (χ3v) is 3.73. The number of hydrogen-bond acceptors (Lipinski definition) is 4. The monoisotopic (exact) mass is 345 g/mol. The summed E-state index contributed by atoms with van der Waals surface area (Å²) in [6.07, 6.45) is -0.179. The molecule has 1 saturated heterocycles. The summed E-state index contributed by atoms with van der Waals surface area (Å²) < 4.78 is 29.4. The molecular weight excluding hydrogens is 325 g/mol. The van der Waals surface area contributed by atoms with Crippen molar-refractivity contribution in [3.8, 4) is 5.75 Å². The lowest BCUT2D eigenvalue weighted by atomic mass is 10.1. The summed E-state index contributed by atoms with van der Waals surface area (Å²) in [7, 11) is 1.59. The van der Waals surface area contributed by atoms with Crippen LogP contribution in [0, 0.1) is 5.82 Å². The molecule has 0 unspecified atom stereocenters. The molecule has 0 bridgehead atoms. The second kappa shape index (κ2) is 7.47. The van der Waals surface area contributed by atoms with Gasteiger partial charge in [-0.1, -0.05) is 11.6 Å². The van der Waals surface area contributed by atoms with Crippen LogP contribution in [-0.4, -0.2) is 55.9 Å². The Hall–Kier alpha value is -1.37. The van der Waals surface area contributed by atoms with Gasteiger partial charge in [-0.2, -0.15) is 0 Å². The molecule has 0 saturated carbocycles. The molecule has 0 N–H and O–H groups in total. The molecule has 128 valence electrons. The fourth-order valence-electron chi connectivity index (χ4n) is 2.58. The van der Waals surface area contributed by atoms with E-state index in [0.29, 0.717) is 19.7 Å². The molecule has 1 amide bonds. The number of morpholine rings is 1. The Morgan fingerprint density at radius 3 is 2.91 bits per heavy atom. The Morgan fingerprint density at radius 1 is 1.52 bits per heavy atom. The second-order valence-corrected chi connectivity index (χ2v) is 6.50. The molecule has 2 rings (SSSR count). The van der Waals surface area contributed by atoms with E-state index in [2.05, 4.69) is 0 Å². The van der Waals surface area contributed by atoms with Crippen LogP contribution in [0.2, 0.25) is 5.02 Å². The van der Waals surface area contributed by atoms with Gasteiger partial charge >= 0.3 is 0 Å². The van der Waals surface area contributed by atoms with E-state index in [1.54, 1.807) is 12.0 Å². The largest absolute Gasteiger partial charge is 0.482 e. The van der Waals surface area contributed by atoms with E-state index < -0.39 is 11.4 Å². The minimum atomic E-state index is -0.454. The van der Waals surface area contributed by atoms with Gasteiger partial charge in [0.25, 0.3) is 5.91 Å². The van der Waals surface area contributed by atoms with Crippen LogP contribution in [0.1, 0.15) is 13.8 Å². The van der Waals surface area contributed by atoms with Crippen molar-refractivity contribution in [3.63, 3.8) is 0 Å². The Bertz CT molecular complexity index is 567. The average Bonchev–Trinajstić information content (AvgIpc) is 2.44. The SMILES string of the molecule is COC[C@@H]1CN(C(=O)COc2ccc(F)cc2Cl)CC(C)(C)O1. The van der Waals surface area contributed by atoms with Gasteiger partial charge in [-0.05, 0) is 32.0 Å². The van der Waals surface area contributed by atoms with E-state index in [1.807, 2.05) is 13.8 Å². The molecule has 7 heteroatoms. The second-order valence-electron chi connectivity index (χ2n) is 6.09. The Kier molecular flexibility index (Phi) is 5.84. The van der Waals surface area contributed by atoms with Gasteiger partial charge in [0.2, 0.25) is 0 Å². The maximum atomic E-state index is 13.0. The zero-order valence-corrected chi connectivity index (χ0v) is 14.2. The van der Waals surface area contributed by atoms with Crippen molar-refractivity contribution in [1.82, 2.24) is 4.90 Å². The Labute approximate surface area is 140 Å². The highest BCUT2D eigenvalue weighted by atomic mass is 35.5. The van der Waals surface area contributed by atoms with E-state index in [-0.39, 0.29) is 29.4 Å². The number of amides is 1. The summed E-state index contributed by atoms with van der Waals surface area (Å²) in [6, 6.07) is 3.79. The van der Waals surface area contributed by atoms with Crippen LogP contribution in [0.15, 0.2) is 18.2 Å². The summed E-state index contributed by atoms with van der Waals surface area (Å²) in [5, 5.41) is 0.136. The fourth-order valence-corrected chi connectivity index (χ4v) is 2.80. The Morgan fingerprint density at radius 2 is 2.26 bits per heavy atom. The van der Waals surface area contributed by atoms with Crippen LogP contribution in [-0.2, 0) is 14.3 Å². The van der Waals surface area contributed by atoms with Crippen molar-refractivity contribution >= 4 is 17.5 Å². The van der Waals surface area contributed by atoms with Gasteiger partial charge in [0.1, 0.15) is 11.6 Å². The lowest BCUT2D eigenvalue weighted by Gasteiger charge is -2.42. The molecule has 1 fully saturated rings. The summed E-state index contributed by atoms with van der Waals surface area (Å²) in [4.78, 5) is 14.1. The zero-order valence-electron chi connectivity index (χ0n) is 13.5. The minimum Gasteiger partial charge on any atom is -0.482 e. The maximum Gasteiger partial charge on any atom is 0.260 e. The first-order valence-corrected chi connectivity index (χ1v) is 7.71. The lowest BCUT2D eigenvalue weighted by Crippen LogP contribution is -2.56. The number of nitrogens with zero attached hydrogens (tertiary/aromatic N) is 1. The van der Waals surface area contributed by atoms with Gasteiger partial charge in [-0.15, -0.1) is 0 Å². The van der Waals surface area contributed by atoms with Crippen LogP contribution in [0.3, 0.4) is 0 Å². The van der Waals surface area contributed by atoms with Crippen molar-refractivity contribution in [3.05, 3.63) is 29.0 Å². The van der Waals surface area contributed by atoms with Gasteiger partial charge in [-0.3, -0.25) is 4.79 Å². The molecular formula is C16H21ClFNO4.